The molecule has 28 heavy (non-hydrogen) atoms. The van der Waals surface area contributed by atoms with Crippen molar-refractivity contribution in [1.82, 2.24) is 0 Å². The van der Waals surface area contributed by atoms with Crippen LogP contribution in [0.4, 0.5) is 11.4 Å². The van der Waals surface area contributed by atoms with Gasteiger partial charge in [-0.05, 0) is 48.2 Å². The minimum Gasteiger partial charge on any atom is -0.326 e. The standard InChI is InChI=1S/C24H22N2O2/c27-23(19-11-12-19)25-20-13-15-21(16-14-20)26-24(28)22(17-7-3-1-4-8-17)18-9-5-2-6-10-18/h1-10,13-16,19,22H,11-12H2,(H,25,27)(H,26,28). The lowest BCUT2D eigenvalue weighted by atomic mass is 9.90. The largest absolute Gasteiger partial charge is 0.326 e. The third-order valence-electron chi connectivity index (χ3n) is 4.90. The second-order valence-electron chi connectivity index (χ2n) is 7.08. The molecule has 0 heterocycles. The Balaban J connectivity index is 1.50. The van der Waals surface area contributed by atoms with Crippen LogP contribution in [0.5, 0.6) is 0 Å². The van der Waals surface area contributed by atoms with Gasteiger partial charge in [0.1, 0.15) is 0 Å². The molecular formula is C24H22N2O2. The highest BCUT2D eigenvalue weighted by molar-refractivity contribution is 5.98. The van der Waals surface area contributed by atoms with Crippen LogP contribution in [-0.2, 0) is 9.59 Å². The van der Waals surface area contributed by atoms with Gasteiger partial charge in [0, 0.05) is 17.3 Å². The van der Waals surface area contributed by atoms with E-state index in [1.54, 1.807) is 0 Å². The zero-order valence-corrected chi connectivity index (χ0v) is 15.5. The Bertz CT molecular complexity index is 909. The Morgan fingerprint density at radius 2 is 1.14 bits per heavy atom. The second kappa shape index (κ2) is 8.09. The molecule has 1 aliphatic rings. The third kappa shape index (κ3) is 4.29. The van der Waals surface area contributed by atoms with Crippen molar-refractivity contribution in [2.45, 2.75) is 18.8 Å². The molecule has 3 aromatic carbocycles. The molecule has 2 N–H and O–H groups in total. The number of carbonyl (C=O) groups excluding carboxylic acids is 2. The average molecular weight is 370 g/mol. The fourth-order valence-corrected chi connectivity index (χ4v) is 3.23. The first-order valence-corrected chi connectivity index (χ1v) is 9.52. The molecule has 4 nitrogen and oxygen atoms in total. The fraction of sp³-hybridized carbons (Fsp3) is 0.167. The second-order valence-corrected chi connectivity index (χ2v) is 7.08. The molecule has 0 saturated heterocycles. The zero-order chi connectivity index (χ0) is 19.3. The van der Waals surface area contributed by atoms with Gasteiger partial charge in [-0.15, -0.1) is 0 Å². The number of hydrogen-bond donors (Lipinski definition) is 2. The van der Waals surface area contributed by atoms with E-state index in [1.165, 1.54) is 0 Å². The van der Waals surface area contributed by atoms with Crippen LogP contribution in [-0.4, -0.2) is 11.8 Å². The highest BCUT2D eigenvalue weighted by atomic mass is 16.2. The quantitative estimate of drug-likeness (QED) is 0.654. The van der Waals surface area contributed by atoms with E-state index in [1.807, 2.05) is 84.9 Å². The molecule has 3 aromatic rings. The molecule has 140 valence electrons. The van der Waals surface area contributed by atoms with Crippen molar-refractivity contribution in [2.24, 2.45) is 5.92 Å². The fourth-order valence-electron chi connectivity index (χ4n) is 3.23. The van der Waals surface area contributed by atoms with Crippen LogP contribution >= 0.6 is 0 Å². The van der Waals surface area contributed by atoms with Gasteiger partial charge in [0.15, 0.2) is 0 Å². The molecule has 1 aliphatic carbocycles. The van der Waals surface area contributed by atoms with Crippen LogP contribution < -0.4 is 10.6 Å². The molecule has 4 heteroatoms. The maximum absolute atomic E-state index is 13.1. The normalized spacial score (nSPS) is 13.2. The van der Waals surface area contributed by atoms with Crippen LogP contribution in [0.15, 0.2) is 84.9 Å². The van der Waals surface area contributed by atoms with Crippen molar-refractivity contribution in [3.8, 4) is 0 Å². The first-order chi connectivity index (χ1) is 13.7. The van der Waals surface area contributed by atoms with Crippen molar-refractivity contribution in [3.05, 3.63) is 96.1 Å². The van der Waals surface area contributed by atoms with Crippen LogP contribution in [0.2, 0.25) is 0 Å². The Morgan fingerprint density at radius 1 is 0.679 bits per heavy atom. The van der Waals surface area contributed by atoms with E-state index in [2.05, 4.69) is 10.6 Å². The van der Waals surface area contributed by atoms with Crippen LogP contribution in [0.25, 0.3) is 0 Å². The van der Waals surface area contributed by atoms with E-state index in [0.29, 0.717) is 5.69 Å². The summed E-state index contributed by atoms with van der Waals surface area (Å²) in [5.74, 6) is -0.245. The number of hydrogen-bond acceptors (Lipinski definition) is 2. The number of nitrogens with one attached hydrogen (secondary N) is 2. The Kier molecular flexibility index (Phi) is 5.20. The van der Waals surface area contributed by atoms with Gasteiger partial charge in [0.2, 0.25) is 11.8 Å². The summed E-state index contributed by atoms with van der Waals surface area (Å²) < 4.78 is 0. The lowest BCUT2D eigenvalue weighted by molar-refractivity contribution is -0.117. The molecule has 0 bridgehead atoms. The summed E-state index contributed by atoms with van der Waals surface area (Å²) in [6.45, 7) is 0. The number of anilines is 2. The first kappa shape index (κ1) is 18.0. The average Bonchev–Trinajstić information content (AvgIpc) is 3.57. The molecule has 0 aliphatic heterocycles. The molecule has 0 atom stereocenters. The highest BCUT2D eigenvalue weighted by Crippen LogP contribution is 2.30. The monoisotopic (exact) mass is 370 g/mol. The molecule has 2 amide bonds. The van der Waals surface area contributed by atoms with E-state index < -0.39 is 5.92 Å². The number of benzene rings is 3. The minimum absolute atomic E-state index is 0.0741. The predicted molar refractivity (Wildman–Crippen MR) is 111 cm³/mol. The SMILES string of the molecule is O=C(Nc1ccc(NC(=O)C(c2ccccc2)c2ccccc2)cc1)C1CC1. The Morgan fingerprint density at radius 3 is 1.61 bits per heavy atom. The first-order valence-electron chi connectivity index (χ1n) is 9.52. The van der Waals surface area contributed by atoms with Crippen molar-refractivity contribution in [2.75, 3.05) is 10.6 Å². The van der Waals surface area contributed by atoms with Gasteiger partial charge >= 0.3 is 0 Å². The van der Waals surface area contributed by atoms with Gasteiger partial charge in [-0.1, -0.05) is 60.7 Å². The smallest absolute Gasteiger partial charge is 0.236 e. The third-order valence-corrected chi connectivity index (χ3v) is 4.90. The predicted octanol–water partition coefficient (Wildman–Crippen LogP) is 4.81. The van der Waals surface area contributed by atoms with E-state index in [-0.39, 0.29) is 17.7 Å². The molecule has 0 unspecified atom stereocenters. The lowest BCUT2D eigenvalue weighted by Gasteiger charge is -2.18. The van der Waals surface area contributed by atoms with Crippen LogP contribution in [0, 0.1) is 5.92 Å². The van der Waals surface area contributed by atoms with E-state index in [9.17, 15) is 9.59 Å². The summed E-state index contributed by atoms with van der Waals surface area (Å²) in [5, 5.41) is 5.91. The van der Waals surface area contributed by atoms with Gasteiger partial charge in [-0.25, -0.2) is 0 Å². The summed E-state index contributed by atoms with van der Waals surface area (Å²) in [4.78, 5) is 25.0. The van der Waals surface area contributed by atoms with E-state index in [0.717, 1.165) is 29.7 Å². The molecule has 0 radical (unpaired) electrons. The molecule has 1 fully saturated rings. The van der Waals surface area contributed by atoms with Crippen molar-refractivity contribution in [1.29, 1.82) is 0 Å². The zero-order valence-electron chi connectivity index (χ0n) is 15.5. The van der Waals surface area contributed by atoms with Crippen molar-refractivity contribution in [3.63, 3.8) is 0 Å². The van der Waals surface area contributed by atoms with Crippen LogP contribution in [0.1, 0.15) is 29.9 Å². The molecular weight excluding hydrogens is 348 g/mol. The highest BCUT2D eigenvalue weighted by Gasteiger charge is 2.29. The number of amides is 2. The summed E-state index contributed by atoms with van der Waals surface area (Å²) in [5.41, 5.74) is 3.34. The van der Waals surface area contributed by atoms with Crippen LogP contribution in [0.3, 0.4) is 0 Å². The topological polar surface area (TPSA) is 58.2 Å². The summed E-state index contributed by atoms with van der Waals surface area (Å²) >= 11 is 0. The van der Waals surface area contributed by atoms with E-state index >= 15 is 0 Å². The van der Waals surface area contributed by atoms with E-state index in [4.69, 9.17) is 0 Å². The molecule has 0 aromatic heterocycles. The van der Waals surface area contributed by atoms with Gasteiger partial charge in [0.25, 0.3) is 0 Å². The summed E-state index contributed by atoms with van der Waals surface area (Å²) in [6.07, 6.45) is 1.95. The lowest BCUT2D eigenvalue weighted by Crippen LogP contribution is -2.22. The van der Waals surface area contributed by atoms with Crippen molar-refractivity contribution < 1.29 is 9.59 Å². The van der Waals surface area contributed by atoms with Crippen molar-refractivity contribution >= 4 is 23.2 Å². The minimum atomic E-state index is -0.392. The number of carbonyl (C=O) groups is 2. The number of rotatable bonds is 6. The maximum Gasteiger partial charge on any atom is 0.236 e. The van der Waals surface area contributed by atoms with Gasteiger partial charge in [0.05, 0.1) is 5.92 Å². The Hall–Kier alpha value is -3.40. The molecule has 1 saturated carbocycles. The summed E-state index contributed by atoms with van der Waals surface area (Å²) in [6, 6.07) is 26.8. The van der Waals surface area contributed by atoms with Gasteiger partial charge in [-0.2, -0.15) is 0 Å². The summed E-state index contributed by atoms with van der Waals surface area (Å²) in [7, 11) is 0. The maximum atomic E-state index is 13.1. The Labute approximate surface area is 164 Å². The molecule has 0 spiro atoms. The van der Waals surface area contributed by atoms with Gasteiger partial charge < -0.3 is 10.6 Å². The van der Waals surface area contributed by atoms with Gasteiger partial charge in [-0.3, -0.25) is 9.59 Å². The molecule has 4 rings (SSSR count).